The summed E-state index contributed by atoms with van der Waals surface area (Å²) >= 11 is 0. The Morgan fingerprint density at radius 2 is 1.96 bits per heavy atom. The van der Waals surface area contributed by atoms with E-state index in [4.69, 9.17) is 14.7 Å². The third-order valence-electron chi connectivity index (χ3n) is 5.15. The monoisotopic (exact) mass is 347 g/mol. The number of pyridine rings is 2. The summed E-state index contributed by atoms with van der Waals surface area (Å²) in [6.07, 6.45) is 3.45. The Kier molecular flexibility index (Phi) is 4.60. The first-order valence-corrected chi connectivity index (χ1v) is 9.30. The number of hydrogen-bond acceptors (Lipinski definition) is 4. The van der Waals surface area contributed by atoms with Crippen molar-refractivity contribution >= 4 is 11.0 Å². The maximum Gasteiger partial charge on any atom is 0.160 e. The molecule has 26 heavy (non-hydrogen) atoms. The minimum Gasteiger partial charge on any atom is -0.496 e. The second kappa shape index (κ2) is 7.04. The predicted octanol–water partition coefficient (Wildman–Crippen LogP) is 4.22. The molecule has 134 valence electrons. The fourth-order valence-electron chi connectivity index (χ4n) is 3.89. The predicted molar refractivity (Wildman–Crippen MR) is 106 cm³/mol. The van der Waals surface area contributed by atoms with Gasteiger partial charge in [0.05, 0.1) is 12.8 Å². The maximum atomic E-state index is 5.62. The third-order valence-corrected chi connectivity index (χ3v) is 5.15. The SMILES string of the molecule is COc1cc(C)cc(C)c1-c1ccc2ccc(C[C@H]3CCCN3)nc2n1. The molecule has 3 aromatic rings. The maximum absolute atomic E-state index is 5.62. The highest BCUT2D eigenvalue weighted by Crippen LogP contribution is 2.34. The molecule has 1 aliphatic rings. The molecule has 4 nitrogen and oxygen atoms in total. The smallest absolute Gasteiger partial charge is 0.160 e. The Morgan fingerprint density at radius 1 is 1.12 bits per heavy atom. The van der Waals surface area contributed by atoms with E-state index < -0.39 is 0 Å². The molecule has 1 aliphatic heterocycles. The van der Waals surface area contributed by atoms with Gasteiger partial charge in [-0.1, -0.05) is 6.07 Å². The zero-order chi connectivity index (χ0) is 18.1. The quantitative estimate of drug-likeness (QED) is 0.768. The van der Waals surface area contributed by atoms with Crippen LogP contribution in [0.25, 0.3) is 22.3 Å². The first kappa shape index (κ1) is 17.0. The van der Waals surface area contributed by atoms with Gasteiger partial charge in [-0.25, -0.2) is 9.97 Å². The molecule has 0 amide bonds. The zero-order valence-electron chi connectivity index (χ0n) is 15.7. The van der Waals surface area contributed by atoms with Gasteiger partial charge >= 0.3 is 0 Å². The average Bonchev–Trinajstić information content (AvgIpc) is 3.13. The number of methoxy groups -OCH3 is 1. The van der Waals surface area contributed by atoms with Crippen LogP contribution in [0.1, 0.15) is 29.7 Å². The van der Waals surface area contributed by atoms with E-state index in [0.717, 1.165) is 46.7 Å². The van der Waals surface area contributed by atoms with Crippen molar-refractivity contribution < 1.29 is 4.74 Å². The van der Waals surface area contributed by atoms with Gasteiger partial charge in [-0.2, -0.15) is 0 Å². The first-order valence-electron chi connectivity index (χ1n) is 9.30. The van der Waals surface area contributed by atoms with Crippen molar-refractivity contribution in [3.05, 3.63) is 53.2 Å². The average molecular weight is 347 g/mol. The van der Waals surface area contributed by atoms with Gasteiger partial charge < -0.3 is 10.1 Å². The summed E-state index contributed by atoms with van der Waals surface area (Å²) < 4.78 is 5.62. The number of aryl methyl sites for hydroxylation is 2. The van der Waals surface area contributed by atoms with Crippen LogP contribution in [0.5, 0.6) is 5.75 Å². The van der Waals surface area contributed by atoms with E-state index in [0.29, 0.717) is 6.04 Å². The molecule has 4 heteroatoms. The van der Waals surface area contributed by atoms with E-state index in [-0.39, 0.29) is 0 Å². The number of fused-ring (bicyclic) bond motifs is 1. The van der Waals surface area contributed by atoms with Crippen LogP contribution in [-0.2, 0) is 6.42 Å². The van der Waals surface area contributed by atoms with Crippen molar-refractivity contribution in [2.75, 3.05) is 13.7 Å². The molecule has 0 bridgehead atoms. The molecule has 0 radical (unpaired) electrons. The number of nitrogens with zero attached hydrogens (tertiary/aromatic N) is 2. The van der Waals surface area contributed by atoms with Gasteiger partial charge in [0.2, 0.25) is 0 Å². The molecule has 1 saturated heterocycles. The van der Waals surface area contributed by atoms with E-state index in [1.54, 1.807) is 7.11 Å². The van der Waals surface area contributed by atoms with E-state index >= 15 is 0 Å². The lowest BCUT2D eigenvalue weighted by Gasteiger charge is -2.13. The largest absolute Gasteiger partial charge is 0.496 e. The van der Waals surface area contributed by atoms with Crippen LogP contribution in [0.15, 0.2) is 36.4 Å². The zero-order valence-corrected chi connectivity index (χ0v) is 15.7. The van der Waals surface area contributed by atoms with Crippen LogP contribution in [0.2, 0.25) is 0 Å². The van der Waals surface area contributed by atoms with E-state index in [1.165, 1.54) is 24.0 Å². The highest BCUT2D eigenvalue weighted by atomic mass is 16.5. The molecule has 4 rings (SSSR count). The van der Waals surface area contributed by atoms with Gasteiger partial charge in [-0.15, -0.1) is 0 Å². The molecule has 0 unspecified atom stereocenters. The van der Waals surface area contributed by atoms with Gasteiger partial charge in [0.15, 0.2) is 5.65 Å². The summed E-state index contributed by atoms with van der Waals surface area (Å²) in [5.74, 6) is 0.862. The van der Waals surface area contributed by atoms with Crippen LogP contribution in [0, 0.1) is 13.8 Å². The molecule has 1 atom stereocenters. The van der Waals surface area contributed by atoms with Crippen molar-refractivity contribution in [2.45, 2.75) is 39.2 Å². The van der Waals surface area contributed by atoms with Crippen molar-refractivity contribution in [3.63, 3.8) is 0 Å². The molecule has 1 N–H and O–H groups in total. The van der Waals surface area contributed by atoms with Crippen LogP contribution >= 0.6 is 0 Å². The summed E-state index contributed by atoms with van der Waals surface area (Å²) in [4.78, 5) is 9.70. The number of benzene rings is 1. The van der Waals surface area contributed by atoms with Gasteiger partial charge in [0, 0.05) is 29.1 Å². The number of aromatic nitrogens is 2. The van der Waals surface area contributed by atoms with Crippen molar-refractivity contribution in [1.29, 1.82) is 0 Å². The molecule has 0 spiro atoms. The van der Waals surface area contributed by atoms with Gasteiger partial charge in [0.25, 0.3) is 0 Å². The molecular weight excluding hydrogens is 322 g/mol. The molecule has 1 fully saturated rings. The van der Waals surface area contributed by atoms with Crippen LogP contribution in [0.3, 0.4) is 0 Å². The lowest BCUT2D eigenvalue weighted by atomic mass is 10.0. The molecule has 1 aromatic carbocycles. The second-order valence-electron chi connectivity index (χ2n) is 7.20. The van der Waals surface area contributed by atoms with Crippen molar-refractivity contribution in [1.82, 2.24) is 15.3 Å². The number of rotatable bonds is 4. The summed E-state index contributed by atoms with van der Waals surface area (Å²) in [5, 5.41) is 4.61. The Morgan fingerprint density at radius 3 is 2.73 bits per heavy atom. The summed E-state index contributed by atoms with van der Waals surface area (Å²) in [6, 6.07) is 13.2. The summed E-state index contributed by atoms with van der Waals surface area (Å²) in [5.41, 5.74) is 6.22. The van der Waals surface area contributed by atoms with Crippen LogP contribution in [-0.4, -0.2) is 29.7 Å². The van der Waals surface area contributed by atoms with Crippen molar-refractivity contribution in [3.8, 4) is 17.0 Å². The Balaban J connectivity index is 1.75. The van der Waals surface area contributed by atoms with Gasteiger partial charge in [0.1, 0.15) is 5.75 Å². The second-order valence-corrected chi connectivity index (χ2v) is 7.20. The summed E-state index contributed by atoms with van der Waals surface area (Å²) in [7, 11) is 1.71. The number of ether oxygens (including phenoxy) is 1. The lowest BCUT2D eigenvalue weighted by molar-refractivity contribution is 0.415. The topological polar surface area (TPSA) is 47.0 Å². The molecule has 0 saturated carbocycles. The highest BCUT2D eigenvalue weighted by Gasteiger charge is 2.16. The van der Waals surface area contributed by atoms with Crippen LogP contribution < -0.4 is 10.1 Å². The van der Waals surface area contributed by atoms with E-state index in [2.05, 4.69) is 55.6 Å². The first-order chi connectivity index (χ1) is 12.6. The number of nitrogens with one attached hydrogen (secondary N) is 1. The lowest BCUT2D eigenvalue weighted by Crippen LogP contribution is -2.24. The molecule has 0 aliphatic carbocycles. The minimum absolute atomic E-state index is 0.544. The fraction of sp³-hybridized carbons (Fsp3) is 0.364. The van der Waals surface area contributed by atoms with Crippen LogP contribution in [0.4, 0.5) is 0 Å². The standard InChI is InChI=1S/C22H25N3O/c1-14-11-15(2)21(20(12-14)26-3)19-9-7-16-6-8-18(24-22(16)25-19)13-17-5-4-10-23-17/h6-9,11-12,17,23H,4-5,10,13H2,1-3H3/t17-/m1/s1. The van der Waals surface area contributed by atoms with Gasteiger partial charge in [-0.05, 0) is 74.7 Å². The Bertz CT molecular complexity index is 946. The molecular formula is C22H25N3O. The molecule has 2 aromatic heterocycles. The Hall–Kier alpha value is -2.46. The number of hydrogen-bond donors (Lipinski definition) is 1. The minimum atomic E-state index is 0.544. The molecule has 3 heterocycles. The Labute approximate surface area is 154 Å². The van der Waals surface area contributed by atoms with E-state index in [9.17, 15) is 0 Å². The highest BCUT2D eigenvalue weighted by molar-refractivity contribution is 5.81. The third kappa shape index (κ3) is 3.29. The van der Waals surface area contributed by atoms with Crippen molar-refractivity contribution in [2.24, 2.45) is 0 Å². The fourth-order valence-corrected chi connectivity index (χ4v) is 3.89. The normalized spacial score (nSPS) is 17.0. The van der Waals surface area contributed by atoms with E-state index in [1.807, 2.05) is 0 Å². The van der Waals surface area contributed by atoms with Gasteiger partial charge in [-0.3, -0.25) is 0 Å². The summed E-state index contributed by atoms with van der Waals surface area (Å²) in [6.45, 7) is 5.30.